The second-order valence-corrected chi connectivity index (χ2v) is 5.20. The third-order valence-electron chi connectivity index (χ3n) is 2.91. The van der Waals surface area contributed by atoms with Crippen molar-refractivity contribution in [1.29, 1.82) is 0 Å². The van der Waals surface area contributed by atoms with Crippen molar-refractivity contribution in [3.8, 4) is 0 Å². The highest BCUT2D eigenvalue weighted by molar-refractivity contribution is 9.10. The van der Waals surface area contributed by atoms with E-state index in [-0.39, 0.29) is 11.9 Å². The first-order valence-electron chi connectivity index (χ1n) is 5.99. The van der Waals surface area contributed by atoms with Gasteiger partial charge in [-0.15, -0.1) is 0 Å². The van der Waals surface area contributed by atoms with E-state index >= 15 is 0 Å². The molecule has 2 rings (SSSR count). The Hall–Kier alpha value is -1.81. The van der Waals surface area contributed by atoms with Crippen LogP contribution in [0.2, 0.25) is 0 Å². The van der Waals surface area contributed by atoms with E-state index in [0.717, 1.165) is 10.0 Å². The molecule has 0 saturated heterocycles. The van der Waals surface area contributed by atoms with Gasteiger partial charge in [0.05, 0.1) is 6.04 Å². The number of benzene rings is 2. The Morgan fingerprint density at radius 3 is 2.53 bits per heavy atom. The number of nitrogen functional groups attached to an aromatic ring is 1. The standard InChI is InChI=1S/C15H15BrN2O/c1-10(11-5-3-2-4-6-11)18-15(19)12-7-8-13(16)14(17)9-12/h2-10H,17H2,1H3,(H,18,19). The number of hydrogen-bond acceptors (Lipinski definition) is 2. The minimum Gasteiger partial charge on any atom is -0.398 e. The van der Waals surface area contributed by atoms with Gasteiger partial charge in [-0.1, -0.05) is 30.3 Å². The molecular formula is C15H15BrN2O. The zero-order chi connectivity index (χ0) is 13.8. The number of hydrogen-bond donors (Lipinski definition) is 2. The molecule has 3 N–H and O–H groups in total. The zero-order valence-electron chi connectivity index (χ0n) is 10.6. The molecule has 1 amide bonds. The topological polar surface area (TPSA) is 55.1 Å². The van der Waals surface area contributed by atoms with Gasteiger partial charge in [0, 0.05) is 15.7 Å². The van der Waals surface area contributed by atoms with Crippen LogP contribution in [0.1, 0.15) is 28.9 Å². The molecule has 2 aromatic rings. The number of nitrogens with two attached hydrogens (primary N) is 1. The fourth-order valence-corrected chi connectivity index (χ4v) is 2.04. The van der Waals surface area contributed by atoms with Crippen molar-refractivity contribution in [1.82, 2.24) is 5.32 Å². The van der Waals surface area contributed by atoms with E-state index in [1.165, 1.54) is 0 Å². The fraction of sp³-hybridized carbons (Fsp3) is 0.133. The highest BCUT2D eigenvalue weighted by Gasteiger charge is 2.11. The van der Waals surface area contributed by atoms with Gasteiger partial charge in [0.25, 0.3) is 5.91 Å². The van der Waals surface area contributed by atoms with Crippen molar-refractivity contribution in [2.75, 3.05) is 5.73 Å². The number of carbonyl (C=O) groups excluding carboxylic acids is 1. The lowest BCUT2D eigenvalue weighted by atomic mass is 10.1. The first-order valence-corrected chi connectivity index (χ1v) is 6.78. The van der Waals surface area contributed by atoms with Crippen LogP contribution in [0.25, 0.3) is 0 Å². The smallest absolute Gasteiger partial charge is 0.251 e. The van der Waals surface area contributed by atoms with Gasteiger partial charge in [-0.2, -0.15) is 0 Å². The highest BCUT2D eigenvalue weighted by atomic mass is 79.9. The molecule has 0 radical (unpaired) electrons. The lowest BCUT2D eigenvalue weighted by molar-refractivity contribution is 0.0940. The Labute approximate surface area is 121 Å². The SMILES string of the molecule is CC(NC(=O)c1ccc(Br)c(N)c1)c1ccccc1. The van der Waals surface area contributed by atoms with E-state index in [1.54, 1.807) is 18.2 Å². The van der Waals surface area contributed by atoms with Crippen LogP contribution in [0.4, 0.5) is 5.69 Å². The van der Waals surface area contributed by atoms with Crippen molar-refractivity contribution in [2.45, 2.75) is 13.0 Å². The summed E-state index contributed by atoms with van der Waals surface area (Å²) in [6.45, 7) is 1.95. The van der Waals surface area contributed by atoms with Gasteiger partial charge in [0.1, 0.15) is 0 Å². The van der Waals surface area contributed by atoms with Gasteiger partial charge in [-0.25, -0.2) is 0 Å². The molecule has 3 nitrogen and oxygen atoms in total. The maximum atomic E-state index is 12.1. The largest absolute Gasteiger partial charge is 0.398 e. The van der Waals surface area contributed by atoms with Crippen LogP contribution in [-0.4, -0.2) is 5.91 Å². The quantitative estimate of drug-likeness (QED) is 0.851. The molecule has 0 aromatic heterocycles. The molecule has 0 aliphatic rings. The summed E-state index contributed by atoms with van der Waals surface area (Å²) in [5.74, 6) is -0.129. The number of anilines is 1. The predicted octanol–water partition coefficient (Wildman–Crippen LogP) is 3.52. The molecule has 0 heterocycles. The van der Waals surface area contributed by atoms with Crippen LogP contribution in [0.5, 0.6) is 0 Å². The molecule has 98 valence electrons. The van der Waals surface area contributed by atoms with Gasteiger partial charge >= 0.3 is 0 Å². The highest BCUT2D eigenvalue weighted by Crippen LogP contribution is 2.20. The molecule has 4 heteroatoms. The van der Waals surface area contributed by atoms with Crippen molar-refractivity contribution < 1.29 is 4.79 Å². The van der Waals surface area contributed by atoms with Gasteiger partial charge in [0.2, 0.25) is 0 Å². The summed E-state index contributed by atoms with van der Waals surface area (Å²) in [6, 6.07) is 15.0. The van der Waals surface area contributed by atoms with Crippen LogP contribution < -0.4 is 11.1 Å². The molecule has 2 aromatic carbocycles. The number of rotatable bonds is 3. The average Bonchev–Trinajstić information content (AvgIpc) is 2.42. The van der Waals surface area contributed by atoms with E-state index in [1.807, 2.05) is 37.3 Å². The summed E-state index contributed by atoms with van der Waals surface area (Å²) in [4.78, 5) is 12.1. The minimum atomic E-state index is -0.129. The van der Waals surface area contributed by atoms with Crippen LogP contribution in [0.3, 0.4) is 0 Å². The molecule has 0 aliphatic carbocycles. The van der Waals surface area contributed by atoms with Crippen LogP contribution >= 0.6 is 15.9 Å². The third-order valence-corrected chi connectivity index (χ3v) is 3.63. The maximum Gasteiger partial charge on any atom is 0.251 e. The summed E-state index contributed by atoms with van der Waals surface area (Å²) in [5.41, 5.74) is 7.96. The Morgan fingerprint density at radius 2 is 1.89 bits per heavy atom. The van der Waals surface area contributed by atoms with Gasteiger partial charge in [-0.3, -0.25) is 4.79 Å². The van der Waals surface area contributed by atoms with E-state index < -0.39 is 0 Å². The molecule has 19 heavy (non-hydrogen) atoms. The molecule has 0 aliphatic heterocycles. The lowest BCUT2D eigenvalue weighted by Crippen LogP contribution is -2.26. The summed E-state index contributed by atoms with van der Waals surface area (Å²) in [6.07, 6.45) is 0. The van der Waals surface area contributed by atoms with E-state index in [4.69, 9.17) is 5.73 Å². The van der Waals surface area contributed by atoms with Crippen LogP contribution in [-0.2, 0) is 0 Å². The molecule has 0 saturated carbocycles. The fourth-order valence-electron chi connectivity index (χ4n) is 1.79. The van der Waals surface area contributed by atoms with Crippen LogP contribution in [0, 0.1) is 0 Å². The first-order chi connectivity index (χ1) is 9.08. The van der Waals surface area contributed by atoms with Crippen LogP contribution in [0.15, 0.2) is 53.0 Å². The van der Waals surface area contributed by atoms with Gasteiger partial charge in [0.15, 0.2) is 0 Å². The second-order valence-electron chi connectivity index (χ2n) is 4.34. The molecule has 0 fully saturated rings. The summed E-state index contributed by atoms with van der Waals surface area (Å²) < 4.78 is 0.792. The number of amides is 1. The monoisotopic (exact) mass is 318 g/mol. The normalized spacial score (nSPS) is 11.9. The van der Waals surface area contributed by atoms with E-state index in [2.05, 4.69) is 21.2 Å². The first kappa shape index (κ1) is 13.6. The van der Waals surface area contributed by atoms with E-state index in [0.29, 0.717) is 11.3 Å². The van der Waals surface area contributed by atoms with Crippen molar-refractivity contribution in [3.05, 3.63) is 64.1 Å². The molecule has 1 atom stereocenters. The molecular weight excluding hydrogens is 304 g/mol. The average molecular weight is 319 g/mol. The Bertz CT molecular complexity index is 584. The summed E-state index contributed by atoms with van der Waals surface area (Å²) in [5, 5.41) is 2.95. The summed E-state index contributed by atoms with van der Waals surface area (Å²) >= 11 is 3.31. The number of carbonyl (C=O) groups is 1. The van der Waals surface area contributed by atoms with Gasteiger partial charge in [-0.05, 0) is 46.6 Å². The van der Waals surface area contributed by atoms with Gasteiger partial charge < -0.3 is 11.1 Å². The predicted molar refractivity (Wildman–Crippen MR) is 80.9 cm³/mol. The Kier molecular flexibility index (Phi) is 4.22. The molecule has 0 bridgehead atoms. The summed E-state index contributed by atoms with van der Waals surface area (Å²) in [7, 11) is 0. The third kappa shape index (κ3) is 3.35. The maximum absolute atomic E-state index is 12.1. The number of halogens is 1. The van der Waals surface area contributed by atoms with Crippen molar-refractivity contribution in [2.24, 2.45) is 0 Å². The Balaban J connectivity index is 2.11. The lowest BCUT2D eigenvalue weighted by Gasteiger charge is -2.14. The van der Waals surface area contributed by atoms with E-state index in [9.17, 15) is 4.79 Å². The Morgan fingerprint density at radius 1 is 1.21 bits per heavy atom. The second kappa shape index (κ2) is 5.89. The van der Waals surface area contributed by atoms with Crippen molar-refractivity contribution in [3.63, 3.8) is 0 Å². The zero-order valence-corrected chi connectivity index (χ0v) is 12.1. The minimum absolute atomic E-state index is 0.0430. The number of nitrogens with one attached hydrogen (secondary N) is 1. The van der Waals surface area contributed by atoms with Crippen molar-refractivity contribution >= 4 is 27.5 Å². The molecule has 1 unspecified atom stereocenters. The molecule has 0 spiro atoms.